The summed E-state index contributed by atoms with van der Waals surface area (Å²) in [6.07, 6.45) is 2.31. The normalized spacial score (nSPS) is 20.5. The average Bonchev–Trinajstić information content (AvgIpc) is 3.03. The number of carbonyl (C=O) groups is 1. The first-order chi connectivity index (χ1) is 14.6. The van der Waals surface area contributed by atoms with Crippen molar-refractivity contribution in [2.75, 3.05) is 13.1 Å². The van der Waals surface area contributed by atoms with Crippen LogP contribution in [0.2, 0.25) is 5.02 Å². The third-order valence-electron chi connectivity index (χ3n) is 5.21. The van der Waals surface area contributed by atoms with E-state index in [1.807, 2.05) is 39.0 Å². The smallest absolute Gasteiger partial charge is 0.410 e. The molecule has 2 aromatic carbocycles. The summed E-state index contributed by atoms with van der Waals surface area (Å²) in [4.78, 5) is 14.0. The summed E-state index contributed by atoms with van der Waals surface area (Å²) < 4.78 is 32.2. The van der Waals surface area contributed by atoms with Crippen molar-refractivity contribution in [2.45, 2.75) is 45.5 Å². The minimum absolute atomic E-state index is 0.271. The van der Waals surface area contributed by atoms with Gasteiger partial charge in [-0.05, 0) is 57.0 Å². The quantitative estimate of drug-likeness (QED) is 0.556. The molecule has 4 rings (SSSR count). The lowest BCUT2D eigenvalue weighted by Gasteiger charge is -2.30. The van der Waals surface area contributed by atoms with Crippen LogP contribution in [-0.4, -0.2) is 29.7 Å². The van der Waals surface area contributed by atoms with Gasteiger partial charge >= 0.3 is 6.09 Å². The third-order valence-corrected chi connectivity index (χ3v) is 5.44. The maximum absolute atomic E-state index is 14.6. The van der Waals surface area contributed by atoms with E-state index in [1.165, 1.54) is 6.07 Å². The van der Waals surface area contributed by atoms with Crippen molar-refractivity contribution in [3.05, 3.63) is 64.4 Å². The van der Waals surface area contributed by atoms with Crippen LogP contribution in [0, 0.1) is 5.82 Å². The van der Waals surface area contributed by atoms with Gasteiger partial charge in [0.2, 0.25) is 0 Å². The van der Waals surface area contributed by atoms with E-state index in [2.05, 4.69) is 0 Å². The Morgan fingerprint density at radius 1 is 1.23 bits per heavy atom. The molecule has 2 heterocycles. The summed E-state index contributed by atoms with van der Waals surface area (Å²) >= 11 is 5.89. The molecule has 0 aromatic heterocycles. The first-order valence-corrected chi connectivity index (χ1v) is 10.6. The molecule has 0 bridgehead atoms. The highest BCUT2D eigenvalue weighted by molar-refractivity contribution is 6.30. The standard InChI is InChI=1S/C24H25ClFNO4/c1-23(2,3)31-22(28)27-12-10-15(11-13-27)17-6-5-7-20-21(17)30-24(4,29-20)18-9-8-16(25)14-19(18)26/h5-10,14H,11-13H2,1-4H3. The van der Waals surface area contributed by atoms with Gasteiger partial charge in [-0.2, -0.15) is 0 Å². The van der Waals surface area contributed by atoms with Gasteiger partial charge < -0.3 is 19.1 Å². The van der Waals surface area contributed by atoms with Crippen LogP contribution >= 0.6 is 11.6 Å². The van der Waals surface area contributed by atoms with Gasteiger partial charge in [0.25, 0.3) is 5.79 Å². The summed E-state index contributed by atoms with van der Waals surface area (Å²) in [6, 6.07) is 10.0. The fourth-order valence-electron chi connectivity index (χ4n) is 3.75. The molecular weight excluding hydrogens is 421 g/mol. The zero-order valence-corrected chi connectivity index (χ0v) is 18.8. The summed E-state index contributed by atoms with van der Waals surface area (Å²) in [5.74, 6) is -0.680. The minimum Gasteiger partial charge on any atom is -0.444 e. The Bertz CT molecular complexity index is 1060. The number of hydrogen-bond donors (Lipinski definition) is 0. The molecule has 0 radical (unpaired) electrons. The number of carbonyl (C=O) groups excluding carboxylic acids is 1. The molecule has 164 valence electrons. The maximum Gasteiger partial charge on any atom is 0.410 e. The second-order valence-corrected chi connectivity index (χ2v) is 9.25. The molecule has 0 fully saturated rings. The molecule has 0 N–H and O–H groups in total. The highest BCUT2D eigenvalue weighted by Gasteiger charge is 2.42. The number of fused-ring (bicyclic) bond motifs is 1. The first-order valence-electron chi connectivity index (χ1n) is 10.2. The van der Waals surface area contributed by atoms with Crippen molar-refractivity contribution >= 4 is 23.3 Å². The van der Waals surface area contributed by atoms with Crippen LogP contribution in [0.4, 0.5) is 9.18 Å². The van der Waals surface area contributed by atoms with Crippen LogP contribution in [0.3, 0.4) is 0 Å². The monoisotopic (exact) mass is 445 g/mol. The van der Waals surface area contributed by atoms with Crippen LogP contribution in [-0.2, 0) is 10.5 Å². The Hall–Kier alpha value is -2.73. The molecule has 5 nitrogen and oxygen atoms in total. The van der Waals surface area contributed by atoms with Gasteiger partial charge in [0.15, 0.2) is 11.5 Å². The highest BCUT2D eigenvalue weighted by Crippen LogP contribution is 2.49. The van der Waals surface area contributed by atoms with Crippen LogP contribution in [0.25, 0.3) is 5.57 Å². The predicted molar refractivity (Wildman–Crippen MR) is 117 cm³/mol. The van der Waals surface area contributed by atoms with E-state index >= 15 is 0 Å². The fraction of sp³-hybridized carbons (Fsp3) is 0.375. The first kappa shape index (κ1) is 21.5. The molecule has 1 unspecified atom stereocenters. The van der Waals surface area contributed by atoms with Crippen LogP contribution in [0.15, 0.2) is 42.5 Å². The molecule has 1 amide bonds. The SMILES string of the molecule is CC(C)(C)OC(=O)N1CC=C(c2cccc3c2OC(C)(c2ccc(Cl)cc2F)O3)CC1. The van der Waals surface area contributed by atoms with Gasteiger partial charge in [0, 0.05) is 30.6 Å². The number of benzene rings is 2. The van der Waals surface area contributed by atoms with Crippen molar-refractivity contribution < 1.29 is 23.4 Å². The van der Waals surface area contributed by atoms with Gasteiger partial charge in [0.05, 0.1) is 5.56 Å². The van der Waals surface area contributed by atoms with Crippen molar-refractivity contribution in [1.29, 1.82) is 0 Å². The molecule has 31 heavy (non-hydrogen) atoms. The zero-order valence-electron chi connectivity index (χ0n) is 18.0. The molecule has 2 aromatic rings. The Morgan fingerprint density at radius 3 is 2.65 bits per heavy atom. The number of rotatable bonds is 2. The topological polar surface area (TPSA) is 48.0 Å². The van der Waals surface area contributed by atoms with E-state index in [-0.39, 0.29) is 11.7 Å². The van der Waals surface area contributed by atoms with Crippen molar-refractivity contribution in [2.24, 2.45) is 0 Å². The van der Waals surface area contributed by atoms with Gasteiger partial charge in [-0.1, -0.05) is 29.8 Å². The Kier molecular flexibility index (Phi) is 5.38. The summed E-state index contributed by atoms with van der Waals surface area (Å²) in [5.41, 5.74) is 1.65. The highest BCUT2D eigenvalue weighted by atomic mass is 35.5. The molecule has 7 heteroatoms. The van der Waals surface area contributed by atoms with E-state index in [0.717, 1.165) is 11.1 Å². The minimum atomic E-state index is -1.30. The molecule has 2 aliphatic rings. The molecule has 0 spiro atoms. The van der Waals surface area contributed by atoms with Crippen molar-refractivity contribution in [1.82, 2.24) is 4.90 Å². The lowest BCUT2D eigenvalue weighted by atomic mass is 9.98. The molecular formula is C24H25ClFNO4. The Morgan fingerprint density at radius 2 is 2.00 bits per heavy atom. The second-order valence-electron chi connectivity index (χ2n) is 8.81. The van der Waals surface area contributed by atoms with E-state index in [4.69, 9.17) is 25.8 Å². The predicted octanol–water partition coefficient (Wildman–Crippen LogP) is 6.15. The van der Waals surface area contributed by atoms with E-state index in [0.29, 0.717) is 36.0 Å². The number of halogens is 2. The molecule has 2 aliphatic heterocycles. The van der Waals surface area contributed by atoms with Gasteiger partial charge in [0.1, 0.15) is 11.4 Å². The zero-order chi connectivity index (χ0) is 22.4. The third kappa shape index (κ3) is 4.35. The van der Waals surface area contributed by atoms with E-state index in [1.54, 1.807) is 30.0 Å². The van der Waals surface area contributed by atoms with Gasteiger partial charge in [-0.15, -0.1) is 0 Å². The molecule has 0 saturated carbocycles. The van der Waals surface area contributed by atoms with Crippen molar-refractivity contribution in [3.63, 3.8) is 0 Å². The lowest BCUT2D eigenvalue weighted by Crippen LogP contribution is -2.39. The summed E-state index contributed by atoms with van der Waals surface area (Å²) in [6.45, 7) is 8.21. The van der Waals surface area contributed by atoms with Crippen LogP contribution in [0.5, 0.6) is 11.5 Å². The largest absolute Gasteiger partial charge is 0.444 e. The lowest BCUT2D eigenvalue weighted by molar-refractivity contribution is -0.0708. The second kappa shape index (κ2) is 7.75. The number of nitrogens with zero attached hydrogens (tertiary/aromatic N) is 1. The van der Waals surface area contributed by atoms with E-state index < -0.39 is 17.2 Å². The summed E-state index contributed by atoms with van der Waals surface area (Å²) in [5, 5.41) is 0.308. The number of para-hydroxylation sites is 1. The molecule has 1 atom stereocenters. The number of amides is 1. The van der Waals surface area contributed by atoms with Crippen LogP contribution < -0.4 is 9.47 Å². The van der Waals surface area contributed by atoms with Gasteiger partial charge in [-0.3, -0.25) is 0 Å². The average molecular weight is 446 g/mol. The number of hydrogen-bond acceptors (Lipinski definition) is 4. The van der Waals surface area contributed by atoms with E-state index in [9.17, 15) is 9.18 Å². The Balaban J connectivity index is 1.57. The van der Waals surface area contributed by atoms with Gasteiger partial charge in [-0.25, -0.2) is 9.18 Å². The molecule has 0 aliphatic carbocycles. The van der Waals surface area contributed by atoms with Crippen LogP contribution in [0.1, 0.15) is 45.2 Å². The summed E-state index contributed by atoms with van der Waals surface area (Å²) in [7, 11) is 0. The van der Waals surface area contributed by atoms with Crippen molar-refractivity contribution in [3.8, 4) is 11.5 Å². The number of ether oxygens (including phenoxy) is 3. The fourth-order valence-corrected chi connectivity index (χ4v) is 3.91. The molecule has 0 saturated heterocycles. The maximum atomic E-state index is 14.6. The Labute approximate surface area is 186 Å².